The van der Waals surface area contributed by atoms with E-state index >= 15 is 0 Å². The van der Waals surface area contributed by atoms with Gasteiger partial charge in [-0.25, -0.2) is 0 Å². The molecule has 1 N–H and O–H groups in total. The van der Waals surface area contributed by atoms with Crippen LogP contribution in [0.2, 0.25) is 10.0 Å². The van der Waals surface area contributed by atoms with Gasteiger partial charge in [0.05, 0.1) is 21.3 Å². The van der Waals surface area contributed by atoms with E-state index in [0.717, 1.165) is 40.7 Å². The zero-order chi connectivity index (χ0) is 22.1. The van der Waals surface area contributed by atoms with Crippen molar-refractivity contribution in [2.45, 2.75) is 38.1 Å². The van der Waals surface area contributed by atoms with Gasteiger partial charge in [0, 0.05) is 42.3 Å². The molecule has 0 atom stereocenters. The molecular weight excluding hydrogens is 445 g/mol. The van der Waals surface area contributed by atoms with Crippen molar-refractivity contribution in [2.75, 3.05) is 18.4 Å². The third-order valence-electron chi connectivity index (χ3n) is 6.23. The van der Waals surface area contributed by atoms with E-state index in [1.165, 1.54) is 12.8 Å². The van der Waals surface area contributed by atoms with Crippen molar-refractivity contribution in [2.24, 2.45) is 0 Å². The molecule has 0 spiro atoms. The molecule has 1 fully saturated rings. The van der Waals surface area contributed by atoms with Gasteiger partial charge in [0.25, 0.3) is 5.91 Å². The smallest absolute Gasteiger partial charge is 0.255 e. The molecule has 32 heavy (non-hydrogen) atoms. The van der Waals surface area contributed by atoms with Gasteiger partial charge in [-0.1, -0.05) is 42.1 Å². The minimum absolute atomic E-state index is 0.0183. The lowest BCUT2D eigenvalue weighted by Crippen LogP contribution is -2.34. The largest absolute Gasteiger partial charge is 0.365 e. The number of carbonyl (C=O) groups is 1. The van der Waals surface area contributed by atoms with Crippen molar-refractivity contribution in [1.29, 1.82) is 0 Å². The summed E-state index contributed by atoms with van der Waals surface area (Å²) < 4.78 is 0. The molecule has 6 nitrogen and oxygen atoms in total. The van der Waals surface area contributed by atoms with Crippen LogP contribution in [0.25, 0.3) is 16.3 Å². The SMILES string of the molecule is O=C(c1cccnc1)N1CC=C(c2nnc(NC3CCCC3)c3cc(Cl)c(Cl)cc23)CC1. The third-order valence-corrected chi connectivity index (χ3v) is 6.95. The Balaban J connectivity index is 1.46. The van der Waals surface area contributed by atoms with Gasteiger partial charge in [0.2, 0.25) is 0 Å². The monoisotopic (exact) mass is 467 g/mol. The molecule has 0 saturated heterocycles. The predicted octanol–water partition coefficient (Wildman–Crippen LogP) is 5.62. The number of benzene rings is 1. The maximum Gasteiger partial charge on any atom is 0.255 e. The summed E-state index contributed by atoms with van der Waals surface area (Å²) in [6.45, 7) is 1.11. The van der Waals surface area contributed by atoms with Gasteiger partial charge in [-0.2, -0.15) is 0 Å². The van der Waals surface area contributed by atoms with Crippen molar-refractivity contribution in [3.05, 3.63) is 64.0 Å². The first-order valence-electron chi connectivity index (χ1n) is 10.9. The number of aromatic nitrogens is 3. The molecule has 0 bridgehead atoms. The van der Waals surface area contributed by atoms with E-state index in [2.05, 4.69) is 20.5 Å². The molecule has 3 aromatic rings. The summed E-state index contributed by atoms with van der Waals surface area (Å²) in [5, 5.41) is 15.5. The van der Waals surface area contributed by atoms with Gasteiger partial charge >= 0.3 is 0 Å². The lowest BCUT2D eigenvalue weighted by atomic mass is 9.99. The second kappa shape index (κ2) is 9.04. The van der Waals surface area contributed by atoms with Gasteiger partial charge in [-0.05, 0) is 49.1 Å². The van der Waals surface area contributed by atoms with Crippen LogP contribution in [0.3, 0.4) is 0 Å². The summed E-state index contributed by atoms with van der Waals surface area (Å²) in [6.07, 6.45) is 10.7. The summed E-state index contributed by atoms with van der Waals surface area (Å²) in [5.41, 5.74) is 2.45. The maximum atomic E-state index is 12.7. The highest BCUT2D eigenvalue weighted by atomic mass is 35.5. The Morgan fingerprint density at radius 1 is 1.09 bits per heavy atom. The van der Waals surface area contributed by atoms with E-state index in [1.807, 2.05) is 23.1 Å². The molecule has 5 rings (SSSR count). The van der Waals surface area contributed by atoms with Crippen LogP contribution in [0.15, 0.2) is 42.7 Å². The van der Waals surface area contributed by atoms with Gasteiger partial charge in [0.1, 0.15) is 0 Å². The predicted molar refractivity (Wildman–Crippen MR) is 128 cm³/mol. The fraction of sp³-hybridized carbons (Fsp3) is 0.333. The van der Waals surface area contributed by atoms with Crippen molar-refractivity contribution in [1.82, 2.24) is 20.1 Å². The number of rotatable bonds is 4. The first-order valence-corrected chi connectivity index (χ1v) is 11.7. The molecule has 1 aromatic carbocycles. The topological polar surface area (TPSA) is 71.0 Å². The maximum absolute atomic E-state index is 12.7. The van der Waals surface area contributed by atoms with Crippen molar-refractivity contribution in [3.8, 4) is 0 Å². The minimum atomic E-state index is -0.0183. The van der Waals surface area contributed by atoms with E-state index in [1.54, 1.807) is 24.5 Å². The van der Waals surface area contributed by atoms with Gasteiger partial charge in [-0.3, -0.25) is 9.78 Å². The molecular formula is C24H23Cl2N5O. The lowest BCUT2D eigenvalue weighted by molar-refractivity contribution is 0.0772. The average molecular weight is 468 g/mol. The van der Waals surface area contributed by atoms with Crippen LogP contribution in [0.1, 0.15) is 48.2 Å². The first-order chi connectivity index (χ1) is 15.6. The zero-order valence-corrected chi connectivity index (χ0v) is 19.0. The standard InChI is InChI=1S/C24H23Cl2N5O/c25-20-12-18-19(13-21(20)26)23(28-17-5-1-2-6-17)30-29-22(18)15-7-10-31(11-8-15)24(32)16-4-3-9-27-14-16/h3-4,7,9,12-14,17H,1-2,5-6,8,10-11H2,(H,28,30). The Bertz CT molecular complexity index is 1190. The van der Waals surface area contributed by atoms with E-state index in [0.29, 0.717) is 41.2 Å². The van der Waals surface area contributed by atoms with Gasteiger partial charge < -0.3 is 10.2 Å². The van der Waals surface area contributed by atoms with E-state index < -0.39 is 0 Å². The fourth-order valence-corrected chi connectivity index (χ4v) is 4.82. The highest BCUT2D eigenvalue weighted by molar-refractivity contribution is 6.43. The Labute approximate surface area is 196 Å². The van der Waals surface area contributed by atoms with Gasteiger partial charge in [0.15, 0.2) is 5.82 Å². The Kier molecular flexibility index (Phi) is 5.98. The third kappa shape index (κ3) is 4.17. The molecule has 8 heteroatoms. The molecule has 1 saturated carbocycles. The first kappa shape index (κ1) is 21.2. The molecule has 1 aliphatic heterocycles. The van der Waals surface area contributed by atoms with Crippen molar-refractivity contribution in [3.63, 3.8) is 0 Å². The highest BCUT2D eigenvalue weighted by Crippen LogP contribution is 2.36. The van der Waals surface area contributed by atoms with Crippen LogP contribution in [0, 0.1) is 0 Å². The Hall–Kier alpha value is -2.70. The normalized spacial score (nSPS) is 16.9. The second-order valence-electron chi connectivity index (χ2n) is 8.31. The van der Waals surface area contributed by atoms with Crippen LogP contribution in [0.5, 0.6) is 0 Å². The number of hydrogen-bond donors (Lipinski definition) is 1. The van der Waals surface area contributed by atoms with Gasteiger partial charge in [-0.15, -0.1) is 10.2 Å². The van der Waals surface area contributed by atoms with E-state index in [4.69, 9.17) is 23.2 Å². The lowest BCUT2D eigenvalue weighted by Gasteiger charge is -2.27. The number of pyridine rings is 1. The number of hydrogen-bond acceptors (Lipinski definition) is 5. The Morgan fingerprint density at radius 3 is 2.56 bits per heavy atom. The Morgan fingerprint density at radius 2 is 1.88 bits per heavy atom. The van der Waals surface area contributed by atoms with Crippen LogP contribution < -0.4 is 5.32 Å². The number of amides is 1. The minimum Gasteiger partial charge on any atom is -0.365 e. The molecule has 164 valence electrons. The number of anilines is 1. The van der Waals surface area contributed by atoms with E-state index in [-0.39, 0.29) is 5.91 Å². The number of nitrogens with zero attached hydrogens (tertiary/aromatic N) is 4. The quantitative estimate of drug-likeness (QED) is 0.539. The number of halogens is 2. The average Bonchev–Trinajstić information content (AvgIpc) is 3.34. The zero-order valence-electron chi connectivity index (χ0n) is 17.5. The fourth-order valence-electron chi connectivity index (χ4n) is 4.49. The number of fused-ring (bicyclic) bond motifs is 1. The van der Waals surface area contributed by atoms with E-state index in [9.17, 15) is 4.79 Å². The molecule has 0 radical (unpaired) electrons. The highest BCUT2D eigenvalue weighted by Gasteiger charge is 2.23. The molecule has 3 heterocycles. The number of carbonyl (C=O) groups excluding carboxylic acids is 1. The summed E-state index contributed by atoms with van der Waals surface area (Å²) in [7, 11) is 0. The summed E-state index contributed by atoms with van der Waals surface area (Å²) in [4.78, 5) is 18.6. The number of nitrogens with one attached hydrogen (secondary N) is 1. The molecule has 2 aliphatic rings. The summed E-state index contributed by atoms with van der Waals surface area (Å²) in [5.74, 6) is 0.731. The molecule has 0 unspecified atom stereocenters. The molecule has 2 aromatic heterocycles. The summed E-state index contributed by atoms with van der Waals surface area (Å²) >= 11 is 12.7. The van der Waals surface area contributed by atoms with Crippen molar-refractivity contribution >= 4 is 51.3 Å². The summed E-state index contributed by atoms with van der Waals surface area (Å²) in [6, 6.07) is 7.72. The molecule has 1 amide bonds. The molecule has 1 aliphatic carbocycles. The van der Waals surface area contributed by atoms with Crippen LogP contribution >= 0.6 is 23.2 Å². The van der Waals surface area contributed by atoms with Crippen LogP contribution in [-0.4, -0.2) is 45.1 Å². The van der Waals surface area contributed by atoms with Crippen LogP contribution in [0.4, 0.5) is 5.82 Å². The second-order valence-corrected chi connectivity index (χ2v) is 9.12. The van der Waals surface area contributed by atoms with Crippen LogP contribution in [-0.2, 0) is 0 Å². The van der Waals surface area contributed by atoms with Crippen molar-refractivity contribution < 1.29 is 4.79 Å².